The normalized spacial score (nSPS) is 11.3. The van der Waals surface area contributed by atoms with Crippen LogP contribution in [0.3, 0.4) is 0 Å². The Hall–Kier alpha value is -2.20. The minimum Gasteiger partial charge on any atom is -0.493 e. The highest BCUT2D eigenvalue weighted by Crippen LogP contribution is 2.34. The van der Waals surface area contributed by atoms with Crippen molar-refractivity contribution in [1.29, 1.82) is 0 Å². The third-order valence-electron chi connectivity index (χ3n) is 4.27. The van der Waals surface area contributed by atoms with Crippen molar-refractivity contribution in [2.24, 2.45) is 5.73 Å². The summed E-state index contributed by atoms with van der Waals surface area (Å²) in [6.45, 7) is 10.2. The van der Waals surface area contributed by atoms with Crippen LogP contribution in [0.1, 0.15) is 37.5 Å². The minimum atomic E-state index is 0.0297. The summed E-state index contributed by atoms with van der Waals surface area (Å²) in [5.74, 6) is 2.40. The topological polar surface area (TPSA) is 53.7 Å². The highest BCUT2D eigenvalue weighted by molar-refractivity contribution is 5.45. The van der Waals surface area contributed by atoms with E-state index in [4.69, 9.17) is 19.9 Å². The first-order valence-corrected chi connectivity index (χ1v) is 9.09. The Labute approximate surface area is 157 Å². The largest absolute Gasteiger partial charge is 0.493 e. The zero-order valence-corrected chi connectivity index (χ0v) is 16.6. The lowest BCUT2D eigenvalue weighted by Crippen LogP contribution is -2.17. The number of hydrogen-bond acceptors (Lipinski definition) is 4. The van der Waals surface area contributed by atoms with E-state index < -0.39 is 0 Å². The molecule has 0 atom stereocenters. The first kappa shape index (κ1) is 20.1. The van der Waals surface area contributed by atoms with Crippen LogP contribution in [-0.2, 0) is 11.8 Å². The summed E-state index contributed by atoms with van der Waals surface area (Å²) in [6, 6.07) is 12.2. The SMILES string of the molecule is COc1ccc(CCN)cc1OCCOc1c(C)cccc1C(C)(C)C. The number of para-hydroxylation sites is 1. The number of rotatable bonds is 8. The Morgan fingerprint density at radius 3 is 2.35 bits per heavy atom. The molecule has 0 saturated carbocycles. The average molecular weight is 357 g/mol. The van der Waals surface area contributed by atoms with Gasteiger partial charge in [0.15, 0.2) is 11.5 Å². The molecule has 0 bridgehead atoms. The quantitative estimate of drug-likeness (QED) is 0.717. The van der Waals surface area contributed by atoms with Crippen molar-refractivity contribution in [3.63, 3.8) is 0 Å². The second kappa shape index (κ2) is 8.95. The molecule has 0 aliphatic carbocycles. The fourth-order valence-corrected chi connectivity index (χ4v) is 2.89. The lowest BCUT2D eigenvalue weighted by Gasteiger charge is -2.24. The van der Waals surface area contributed by atoms with Crippen LogP contribution < -0.4 is 19.9 Å². The molecule has 0 radical (unpaired) electrons. The Kier molecular flexibility index (Phi) is 6.92. The third-order valence-corrected chi connectivity index (χ3v) is 4.27. The summed E-state index contributed by atoms with van der Waals surface area (Å²) < 4.78 is 17.4. The highest BCUT2D eigenvalue weighted by Gasteiger charge is 2.20. The molecule has 0 aliphatic heterocycles. The molecule has 0 aliphatic rings. The summed E-state index contributed by atoms with van der Waals surface area (Å²) >= 11 is 0. The maximum Gasteiger partial charge on any atom is 0.161 e. The Bertz CT molecular complexity index is 720. The van der Waals surface area contributed by atoms with Crippen molar-refractivity contribution in [1.82, 2.24) is 0 Å². The Morgan fingerprint density at radius 1 is 0.962 bits per heavy atom. The lowest BCUT2D eigenvalue weighted by atomic mass is 9.85. The molecule has 26 heavy (non-hydrogen) atoms. The Morgan fingerprint density at radius 2 is 1.69 bits per heavy atom. The molecule has 2 N–H and O–H groups in total. The van der Waals surface area contributed by atoms with E-state index in [9.17, 15) is 0 Å². The molecule has 0 unspecified atom stereocenters. The van der Waals surface area contributed by atoms with Gasteiger partial charge >= 0.3 is 0 Å². The van der Waals surface area contributed by atoms with E-state index in [0.29, 0.717) is 19.8 Å². The summed E-state index contributed by atoms with van der Waals surface area (Å²) in [5.41, 5.74) is 9.15. The summed E-state index contributed by atoms with van der Waals surface area (Å²) in [6.07, 6.45) is 0.814. The number of benzene rings is 2. The smallest absolute Gasteiger partial charge is 0.161 e. The number of aryl methyl sites for hydroxylation is 1. The van der Waals surface area contributed by atoms with Gasteiger partial charge in [-0.25, -0.2) is 0 Å². The van der Waals surface area contributed by atoms with Crippen LogP contribution in [0.2, 0.25) is 0 Å². The van der Waals surface area contributed by atoms with Crippen molar-refractivity contribution >= 4 is 0 Å². The van der Waals surface area contributed by atoms with E-state index in [1.807, 2.05) is 18.2 Å². The van der Waals surface area contributed by atoms with Gasteiger partial charge in [-0.15, -0.1) is 0 Å². The van der Waals surface area contributed by atoms with Gasteiger partial charge in [0.25, 0.3) is 0 Å². The number of hydrogen-bond donors (Lipinski definition) is 1. The molecule has 0 aromatic heterocycles. The van der Waals surface area contributed by atoms with Crippen LogP contribution >= 0.6 is 0 Å². The van der Waals surface area contributed by atoms with E-state index in [0.717, 1.165) is 34.8 Å². The first-order chi connectivity index (χ1) is 12.4. The predicted octanol–water partition coefficient (Wildman–Crippen LogP) is 4.26. The van der Waals surface area contributed by atoms with Crippen molar-refractivity contribution in [3.8, 4) is 17.2 Å². The molecule has 0 saturated heterocycles. The maximum absolute atomic E-state index is 6.08. The van der Waals surface area contributed by atoms with Gasteiger partial charge in [-0.3, -0.25) is 0 Å². The van der Waals surface area contributed by atoms with Crippen molar-refractivity contribution in [2.75, 3.05) is 26.9 Å². The summed E-state index contributed by atoms with van der Waals surface area (Å²) in [5, 5.41) is 0. The van der Waals surface area contributed by atoms with Crippen LogP contribution in [0, 0.1) is 6.92 Å². The fourth-order valence-electron chi connectivity index (χ4n) is 2.89. The second-order valence-corrected chi connectivity index (χ2v) is 7.42. The van der Waals surface area contributed by atoms with E-state index in [2.05, 4.69) is 45.9 Å². The monoisotopic (exact) mass is 357 g/mol. The Balaban J connectivity index is 2.03. The molecular weight excluding hydrogens is 326 g/mol. The zero-order valence-electron chi connectivity index (χ0n) is 16.6. The lowest BCUT2D eigenvalue weighted by molar-refractivity contribution is 0.208. The van der Waals surface area contributed by atoms with Crippen molar-refractivity contribution in [2.45, 2.75) is 39.5 Å². The number of methoxy groups -OCH3 is 1. The molecule has 2 aromatic rings. The number of ether oxygens (including phenoxy) is 3. The molecule has 0 fully saturated rings. The molecule has 4 heteroatoms. The van der Waals surface area contributed by atoms with Crippen molar-refractivity contribution < 1.29 is 14.2 Å². The molecule has 0 amide bonds. The molecule has 2 aromatic carbocycles. The van der Waals surface area contributed by atoms with Gasteiger partial charge in [-0.05, 0) is 54.1 Å². The summed E-state index contributed by atoms with van der Waals surface area (Å²) in [7, 11) is 1.64. The molecular formula is C22H31NO3. The minimum absolute atomic E-state index is 0.0297. The third kappa shape index (κ3) is 5.15. The average Bonchev–Trinajstić information content (AvgIpc) is 2.59. The van der Waals surface area contributed by atoms with Crippen molar-refractivity contribution in [3.05, 3.63) is 53.1 Å². The fraction of sp³-hybridized carbons (Fsp3) is 0.455. The zero-order chi connectivity index (χ0) is 19.2. The maximum atomic E-state index is 6.08. The van der Waals surface area contributed by atoms with Crippen LogP contribution in [0.5, 0.6) is 17.2 Å². The van der Waals surface area contributed by atoms with Gasteiger partial charge < -0.3 is 19.9 Å². The van der Waals surface area contributed by atoms with Crippen LogP contribution in [0.15, 0.2) is 36.4 Å². The van der Waals surface area contributed by atoms with Crippen LogP contribution in [0.4, 0.5) is 0 Å². The molecule has 142 valence electrons. The van der Waals surface area contributed by atoms with E-state index in [-0.39, 0.29) is 5.41 Å². The van der Waals surface area contributed by atoms with Gasteiger partial charge in [0.2, 0.25) is 0 Å². The molecule has 0 spiro atoms. The van der Waals surface area contributed by atoms with Gasteiger partial charge in [0, 0.05) is 0 Å². The van der Waals surface area contributed by atoms with E-state index in [1.54, 1.807) is 7.11 Å². The number of nitrogens with two attached hydrogens (primary N) is 1. The van der Waals surface area contributed by atoms with Gasteiger partial charge in [-0.1, -0.05) is 45.0 Å². The van der Waals surface area contributed by atoms with Gasteiger partial charge in [0.05, 0.1) is 7.11 Å². The highest BCUT2D eigenvalue weighted by atomic mass is 16.5. The van der Waals surface area contributed by atoms with E-state index in [1.165, 1.54) is 5.56 Å². The molecule has 2 rings (SSSR count). The second-order valence-electron chi connectivity index (χ2n) is 7.42. The standard InChI is InChI=1S/C22H31NO3/c1-16-7-6-8-18(22(2,3)4)21(16)26-14-13-25-20-15-17(11-12-23)9-10-19(20)24-5/h6-10,15H,11-14,23H2,1-5H3. The molecule has 0 heterocycles. The first-order valence-electron chi connectivity index (χ1n) is 9.09. The van der Waals surface area contributed by atoms with Crippen LogP contribution in [0.25, 0.3) is 0 Å². The van der Waals surface area contributed by atoms with Gasteiger partial charge in [-0.2, -0.15) is 0 Å². The predicted molar refractivity (Wildman–Crippen MR) is 107 cm³/mol. The molecule has 4 nitrogen and oxygen atoms in total. The van der Waals surface area contributed by atoms with Crippen LogP contribution in [-0.4, -0.2) is 26.9 Å². The van der Waals surface area contributed by atoms with E-state index >= 15 is 0 Å². The summed E-state index contributed by atoms with van der Waals surface area (Å²) in [4.78, 5) is 0. The van der Waals surface area contributed by atoms with Gasteiger partial charge in [0.1, 0.15) is 19.0 Å².